The number of hydrogen-bond donors (Lipinski definition) is 1. The van der Waals surface area contributed by atoms with E-state index in [0.29, 0.717) is 6.42 Å². The molecule has 0 fully saturated rings. The molecule has 0 radical (unpaired) electrons. The van der Waals surface area contributed by atoms with Crippen molar-refractivity contribution in [1.82, 2.24) is 5.32 Å². The van der Waals surface area contributed by atoms with Gasteiger partial charge in [0.15, 0.2) is 5.78 Å². The van der Waals surface area contributed by atoms with Gasteiger partial charge in [-0.1, -0.05) is 46.3 Å². The Morgan fingerprint density at radius 1 is 1.33 bits per heavy atom. The summed E-state index contributed by atoms with van der Waals surface area (Å²) in [6.45, 7) is 0. The second-order valence-electron chi connectivity index (χ2n) is 3.81. The SMILES string of the molecule is COC(=O)NC(CCc1ccccc1)C(=O)CBr. The number of aryl methyl sites for hydroxylation is 1. The van der Waals surface area contributed by atoms with Gasteiger partial charge in [-0.25, -0.2) is 4.79 Å². The summed E-state index contributed by atoms with van der Waals surface area (Å²) >= 11 is 3.11. The number of ether oxygens (including phenoxy) is 1. The van der Waals surface area contributed by atoms with Crippen LogP contribution in [0.15, 0.2) is 30.3 Å². The predicted molar refractivity (Wildman–Crippen MR) is 72.9 cm³/mol. The number of alkyl carbamates (subject to hydrolysis) is 1. The second-order valence-corrected chi connectivity index (χ2v) is 4.37. The number of ketones is 1. The van der Waals surface area contributed by atoms with E-state index >= 15 is 0 Å². The summed E-state index contributed by atoms with van der Waals surface area (Å²) in [6, 6.07) is 9.31. The molecule has 1 unspecified atom stereocenters. The van der Waals surface area contributed by atoms with Gasteiger partial charge >= 0.3 is 6.09 Å². The van der Waals surface area contributed by atoms with Crippen LogP contribution in [0.25, 0.3) is 0 Å². The van der Waals surface area contributed by atoms with Crippen molar-refractivity contribution in [3.05, 3.63) is 35.9 Å². The lowest BCUT2D eigenvalue weighted by atomic mass is 10.0. The molecule has 0 aromatic heterocycles. The Kier molecular flexibility index (Phi) is 6.43. The fourth-order valence-corrected chi connectivity index (χ4v) is 1.95. The molecule has 0 aliphatic carbocycles. The molecule has 1 aromatic rings. The molecule has 4 nitrogen and oxygen atoms in total. The van der Waals surface area contributed by atoms with Crippen LogP contribution in [-0.2, 0) is 16.0 Å². The molecule has 0 spiro atoms. The number of benzene rings is 1. The van der Waals surface area contributed by atoms with Gasteiger partial charge in [0.2, 0.25) is 0 Å². The largest absolute Gasteiger partial charge is 0.453 e. The van der Waals surface area contributed by atoms with Crippen molar-refractivity contribution < 1.29 is 14.3 Å². The molecule has 1 N–H and O–H groups in total. The monoisotopic (exact) mass is 313 g/mol. The molecule has 18 heavy (non-hydrogen) atoms. The topological polar surface area (TPSA) is 55.4 Å². The first-order valence-corrected chi connectivity index (χ1v) is 6.76. The quantitative estimate of drug-likeness (QED) is 0.820. The van der Waals surface area contributed by atoms with Crippen LogP contribution in [-0.4, -0.2) is 30.4 Å². The molecule has 5 heteroatoms. The number of hydrogen-bond acceptors (Lipinski definition) is 3. The third-order valence-electron chi connectivity index (χ3n) is 2.56. The zero-order valence-electron chi connectivity index (χ0n) is 10.2. The van der Waals surface area contributed by atoms with E-state index in [4.69, 9.17) is 0 Å². The normalized spacial score (nSPS) is 11.7. The summed E-state index contributed by atoms with van der Waals surface area (Å²) in [4.78, 5) is 22.8. The van der Waals surface area contributed by atoms with Gasteiger partial charge in [-0.05, 0) is 18.4 Å². The number of halogens is 1. The smallest absolute Gasteiger partial charge is 0.407 e. The average molecular weight is 314 g/mol. The highest BCUT2D eigenvalue weighted by atomic mass is 79.9. The number of carbonyl (C=O) groups excluding carboxylic acids is 2. The Morgan fingerprint density at radius 3 is 2.56 bits per heavy atom. The van der Waals surface area contributed by atoms with Gasteiger partial charge in [-0.2, -0.15) is 0 Å². The average Bonchev–Trinajstić information content (AvgIpc) is 2.43. The summed E-state index contributed by atoms with van der Waals surface area (Å²) in [5, 5.41) is 2.77. The molecule has 0 saturated heterocycles. The zero-order valence-corrected chi connectivity index (χ0v) is 11.8. The Labute approximate surface area is 115 Å². The van der Waals surface area contributed by atoms with Crippen molar-refractivity contribution in [2.45, 2.75) is 18.9 Å². The number of amides is 1. The Balaban J connectivity index is 2.56. The summed E-state index contributed by atoms with van der Waals surface area (Å²) in [7, 11) is 1.28. The Morgan fingerprint density at radius 2 is 2.00 bits per heavy atom. The van der Waals surface area contributed by atoms with Gasteiger partial charge in [0, 0.05) is 0 Å². The van der Waals surface area contributed by atoms with Crippen molar-refractivity contribution in [3.8, 4) is 0 Å². The van der Waals surface area contributed by atoms with Gasteiger partial charge in [-0.3, -0.25) is 4.79 Å². The minimum atomic E-state index is -0.581. The molecule has 0 aliphatic rings. The van der Waals surface area contributed by atoms with Crippen LogP contribution >= 0.6 is 15.9 Å². The molecule has 1 amide bonds. The van der Waals surface area contributed by atoms with Crippen LogP contribution in [0.4, 0.5) is 4.79 Å². The van der Waals surface area contributed by atoms with Crippen LogP contribution in [0.5, 0.6) is 0 Å². The van der Waals surface area contributed by atoms with Crippen molar-refractivity contribution in [3.63, 3.8) is 0 Å². The van der Waals surface area contributed by atoms with Crippen molar-refractivity contribution in [2.75, 3.05) is 12.4 Å². The number of rotatable bonds is 6. The lowest BCUT2D eigenvalue weighted by Crippen LogP contribution is -2.41. The number of carbonyl (C=O) groups is 2. The first kappa shape index (κ1) is 14.7. The zero-order chi connectivity index (χ0) is 13.4. The number of alkyl halides is 1. The van der Waals surface area contributed by atoms with Gasteiger partial charge in [0.1, 0.15) is 0 Å². The lowest BCUT2D eigenvalue weighted by Gasteiger charge is -2.15. The maximum Gasteiger partial charge on any atom is 0.407 e. The molecule has 1 aromatic carbocycles. The molecule has 1 atom stereocenters. The Bertz CT molecular complexity index is 394. The van der Waals surface area contributed by atoms with E-state index in [-0.39, 0.29) is 11.1 Å². The van der Waals surface area contributed by atoms with Gasteiger partial charge in [0.05, 0.1) is 18.5 Å². The van der Waals surface area contributed by atoms with E-state index in [1.165, 1.54) is 7.11 Å². The van der Waals surface area contributed by atoms with Gasteiger partial charge in [-0.15, -0.1) is 0 Å². The summed E-state index contributed by atoms with van der Waals surface area (Å²) < 4.78 is 4.51. The van der Waals surface area contributed by atoms with Crippen LogP contribution in [0, 0.1) is 0 Å². The van der Waals surface area contributed by atoms with E-state index < -0.39 is 12.1 Å². The lowest BCUT2D eigenvalue weighted by molar-refractivity contribution is -0.118. The van der Waals surface area contributed by atoms with Crippen LogP contribution in [0.1, 0.15) is 12.0 Å². The van der Waals surface area contributed by atoms with Crippen LogP contribution in [0.2, 0.25) is 0 Å². The minimum absolute atomic E-state index is 0.0590. The predicted octanol–water partition coefficient (Wildman–Crippen LogP) is 2.31. The third kappa shape index (κ3) is 4.87. The first-order valence-electron chi connectivity index (χ1n) is 5.64. The molecule has 0 heterocycles. The van der Waals surface area contributed by atoms with Gasteiger partial charge in [0.25, 0.3) is 0 Å². The molecule has 98 valence electrons. The molecular formula is C13H16BrNO3. The second kappa shape index (κ2) is 7.87. The first-order chi connectivity index (χ1) is 8.67. The molecule has 0 aliphatic heterocycles. The Hall–Kier alpha value is -1.36. The number of nitrogens with one attached hydrogen (secondary N) is 1. The number of Topliss-reactive ketones (excluding diaryl/α,β-unsaturated/α-hetero) is 1. The maximum absolute atomic E-state index is 11.7. The highest BCUT2D eigenvalue weighted by Gasteiger charge is 2.19. The molecule has 0 bridgehead atoms. The van der Waals surface area contributed by atoms with Crippen molar-refractivity contribution >= 4 is 27.8 Å². The van der Waals surface area contributed by atoms with E-state index in [1.54, 1.807) is 0 Å². The molecular weight excluding hydrogens is 298 g/mol. The molecule has 0 saturated carbocycles. The van der Waals surface area contributed by atoms with E-state index in [9.17, 15) is 9.59 Å². The van der Waals surface area contributed by atoms with Crippen molar-refractivity contribution in [1.29, 1.82) is 0 Å². The maximum atomic E-state index is 11.7. The molecule has 1 rings (SSSR count). The summed E-state index contributed by atoms with van der Waals surface area (Å²) in [5.74, 6) is -0.0590. The summed E-state index contributed by atoms with van der Waals surface area (Å²) in [6.07, 6.45) is 0.708. The van der Waals surface area contributed by atoms with E-state index in [0.717, 1.165) is 12.0 Å². The highest BCUT2D eigenvalue weighted by Crippen LogP contribution is 2.07. The van der Waals surface area contributed by atoms with Crippen molar-refractivity contribution in [2.24, 2.45) is 0 Å². The van der Waals surface area contributed by atoms with E-state index in [1.807, 2.05) is 30.3 Å². The minimum Gasteiger partial charge on any atom is -0.453 e. The fraction of sp³-hybridized carbons (Fsp3) is 0.385. The van der Waals surface area contributed by atoms with Crippen LogP contribution < -0.4 is 5.32 Å². The summed E-state index contributed by atoms with van der Waals surface area (Å²) in [5.41, 5.74) is 1.14. The van der Waals surface area contributed by atoms with Crippen LogP contribution in [0.3, 0.4) is 0 Å². The fourth-order valence-electron chi connectivity index (χ4n) is 1.56. The third-order valence-corrected chi connectivity index (χ3v) is 3.12. The van der Waals surface area contributed by atoms with E-state index in [2.05, 4.69) is 26.0 Å². The standard InChI is InChI=1S/C13H16BrNO3/c1-18-13(17)15-11(12(16)9-14)8-7-10-5-3-2-4-6-10/h2-6,11H,7-9H2,1H3,(H,15,17). The van der Waals surface area contributed by atoms with Gasteiger partial charge < -0.3 is 10.1 Å². The number of methoxy groups -OCH3 is 1. The highest BCUT2D eigenvalue weighted by molar-refractivity contribution is 9.09.